The summed E-state index contributed by atoms with van der Waals surface area (Å²) in [6.07, 6.45) is 6.41. The fourth-order valence-corrected chi connectivity index (χ4v) is 1.68. The van der Waals surface area contributed by atoms with Gasteiger partial charge in [-0.05, 0) is 13.0 Å². The van der Waals surface area contributed by atoms with Crippen molar-refractivity contribution < 1.29 is 5.11 Å². The van der Waals surface area contributed by atoms with Crippen LogP contribution in [0.2, 0.25) is 0 Å². The molecule has 0 aromatic rings. The summed E-state index contributed by atoms with van der Waals surface area (Å²) in [7, 11) is 0. The van der Waals surface area contributed by atoms with Crippen molar-refractivity contribution in [2.45, 2.75) is 6.42 Å². The maximum Gasteiger partial charge on any atom is 0.0599 e. The Kier molecular flexibility index (Phi) is 4.84. The Morgan fingerprint density at radius 1 is 1.15 bits per heavy atom. The molecular formula is C10H18N2O. The SMILES string of the molecule is C#CCN1CCCN(CCO)CC1. The third kappa shape index (κ3) is 3.77. The van der Waals surface area contributed by atoms with Gasteiger partial charge >= 0.3 is 0 Å². The van der Waals surface area contributed by atoms with Gasteiger partial charge in [-0.3, -0.25) is 9.80 Å². The van der Waals surface area contributed by atoms with E-state index < -0.39 is 0 Å². The molecule has 0 spiro atoms. The lowest BCUT2D eigenvalue weighted by molar-refractivity contribution is 0.198. The van der Waals surface area contributed by atoms with Crippen LogP contribution in [0.3, 0.4) is 0 Å². The predicted octanol–water partition coefficient (Wildman–Crippen LogP) is -0.380. The Morgan fingerprint density at radius 3 is 2.54 bits per heavy atom. The summed E-state index contributed by atoms with van der Waals surface area (Å²) in [6, 6.07) is 0. The molecule has 1 rings (SSSR count). The van der Waals surface area contributed by atoms with E-state index in [-0.39, 0.29) is 6.61 Å². The topological polar surface area (TPSA) is 26.7 Å². The summed E-state index contributed by atoms with van der Waals surface area (Å²) < 4.78 is 0. The quantitative estimate of drug-likeness (QED) is 0.603. The van der Waals surface area contributed by atoms with Crippen LogP contribution in [-0.2, 0) is 0 Å². The Balaban J connectivity index is 2.27. The van der Waals surface area contributed by atoms with Crippen LogP contribution in [0.15, 0.2) is 0 Å². The summed E-state index contributed by atoms with van der Waals surface area (Å²) in [4.78, 5) is 4.58. The fraction of sp³-hybridized carbons (Fsp3) is 0.800. The molecule has 0 radical (unpaired) electrons. The predicted molar refractivity (Wildman–Crippen MR) is 53.4 cm³/mol. The third-order valence-electron chi connectivity index (χ3n) is 2.41. The van der Waals surface area contributed by atoms with Crippen molar-refractivity contribution >= 4 is 0 Å². The molecule has 0 atom stereocenters. The van der Waals surface area contributed by atoms with Crippen LogP contribution >= 0.6 is 0 Å². The molecule has 3 heteroatoms. The van der Waals surface area contributed by atoms with E-state index in [4.69, 9.17) is 11.5 Å². The van der Waals surface area contributed by atoms with Crippen LogP contribution in [0, 0.1) is 12.3 Å². The first-order chi connectivity index (χ1) is 6.36. The normalized spacial score (nSPS) is 20.9. The summed E-state index contributed by atoms with van der Waals surface area (Å²) in [5.74, 6) is 2.67. The summed E-state index contributed by atoms with van der Waals surface area (Å²) in [5, 5.41) is 8.79. The van der Waals surface area contributed by atoms with Gasteiger partial charge in [0.2, 0.25) is 0 Å². The second kappa shape index (κ2) is 5.98. The van der Waals surface area contributed by atoms with Crippen LogP contribution in [0.1, 0.15) is 6.42 Å². The second-order valence-corrected chi connectivity index (χ2v) is 3.40. The van der Waals surface area contributed by atoms with Gasteiger partial charge in [0.1, 0.15) is 0 Å². The lowest BCUT2D eigenvalue weighted by Crippen LogP contribution is -2.32. The zero-order chi connectivity index (χ0) is 9.52. The monoisotopic (exact) mass is 182 g/mol. The molecular weight excluding hydrogens is 164 g/mol. The average molecular weight is 182 g/mol. The molecule has 0 bridgehead atoms. The van der Waals surface area contributed by atoms with Crippen molar-refractivity contribution in [3.63, 3.8) is 0 Å². The minimum atomic E-state index is 0.259. The first kappa shape index (κ1) is 10.5. The molecule has 1 aliphatic heterocycles. The van der Waals surface area contributed by atoms with Crippen molar-refractivity contribution in [1.29, 1.82) is 0 Å². The minimum absolute atomic E-state index is 0.259. The molecule has 1 heterocycles. The highest BCUT2D eigenvalue weighted by atomic mass is 16.3. The number of nitrogens with zero attached hydrogens (tertiary/aromatic N) is 2. The molecule has 74 valence electrons. The van der Waals surface area contributed by atoms with E-state index in [1.807, 2.05) is 0 Å². The van der Waals surface area contributed by atoms with Crippen molar-refractivity contribution in [3.8, 4) is 12.3 Å². The molecule has 0 aromatic carbocycles. The van der Waals surface area contributed by atoms with Gasteiger partial charge in [-0.15, -0.1) is 6.42 Å². The van der Waals surface area contributed by atoms with Crippen molar-refractivity contribution in [2.24, 2.45) is 0 Å². The van der Waals surface area contributed by atoms with Gasteiger partial charge in [0.25, 0.3) is 0 Å². The first-order valence-corrected chi connectivity index (χ1v) is 4.86. The molecule has 1 N–H and O–H groups in total. The van der Waals surface area contributed by atoms with E-state index >= 15 is 0 Å². The van der Waals surface area contributed by atoms with Gasteiger partial charge in [-0.2, -0.15) is 0 Å². The van der Waals surface area contributed by atoms with Gasteiger partial charge in [0.05, 0.1) is 13.2 Å². The van der Waals surface area contributed by atoms with Crippen LogP contribution in [0.25, 0.3) is 0 Å². The highest BCUT2D eigenvalue weighted by molar-refractivity contribution is 4.89. The molecule has 3 nitrogen and oxygen atoms in total. The number of hydrogen-bond donors (Lipinski definition) is 1. The molecule has 0 aliphatic carbocycles. The largest absolute Gasteiger partial charge is 0.395 e. The molecule has 0 unspecified atom stereocenters. The summed E-state index contributed by atoms with van der Waals surface area (Å²) in [6.45, 7) is 6.05. The molecule has 1 fully saturated rings. The maximum atomic E-state index is 8.79. The number of aliphatic hydroxyl groups excluding tert-OH is 1. The van der Waals surface area contributed by atoms with Crippen molar-refractivity contribution in [3.05, 3.63) is 0 Å². The fourth-order valence-electron chi connectivity index (χ4n) is 1.68. The zero-order valence-electron chi connectivity index (χ0n) is 8.08. The van der Waals surface area contributed by atoms with E-state index in [9.17, 15) is 0 Å². The lowest BCUT2D eigenvalue weighted by Gasteiger charge is -2.19. The molecule has 1 saturated heterocycles. The van der Waals surface area contributed by atoms with E-state index in [0.29, 0.717) is 0 Å². The number of hydrogen-bond acceptors (Lipinski definition) is 3. The number of rotatable bonds is 3. The van der Waals surface area contributed by atoms with Gasteiger partial charge < -0.3 is 5.11 Å². The number of terminal acetylenes is 1. The Bertz CT molecular complexity index is 176. The Morgan fingerprint density at radius 2 is 1.85 bits per heavy atom. The second-order valence-electron chi connectivity index (χ2n) is 3.40. The standard InChI is InChI=1S/C10H18N2O/c1-2-4-11-5-3-6-12(8-7-11)9-10-13/h1,13H,3-10H2. The van der Waals surface area contributed by atoms with Crippen LogP contribution in [0.4, 0.5) is 0 Å². The van der Waals surface area contributed by atoms with Gasteiger partial charge in [-0.1, -0.05) is 5.92 Å². The summed E-state index contributed by atoms with van der Waals surface area (Å²) in [5.41, 5.74) is 0. The molecule has 13 heavy (non-hydrogen) atoms. The number of β-amino-alcohol motifs (C(OH)–C–C–N with tert-alkyl or cyclic N) is 1. The van der Waals surface area contributed by atoms with Crippen molar-refractivity contribution in [1.82, 2.24) is 9.80 Å². The highest BCUT2D eigenvalue weighted by Crippen LogP contribution is 2.01. The maximum absolute atomic E-state index is 8.79. The third-order valence-corrected chi connectivity index (χ3v) is 2.41. The van der Waals surface area contributed by atoms with Gasteiger partial charge in [0.15, 0.2) is 0 Å². The summed E-state index contributed by atoms with van der Waals surface area (Å²) >= 11 is 0. The van der Waals surface area contributed by atoms with Crippen LogP contribution in [0.5, 0.6) is 0 Å². The Labute approximate surface area is 80.3 Å². The first-order valence-electron chi connectivity index (χ1n) is 4.86. The highest BCUT2D eigenvalue weighted by Gasteiger charge is 2.12. The van der Waals surface area contributed by atoms with Crippen LogP contribution < -0.4 is 0 Å². The van der Waals surface area contributed by atoms with Gasteiger partial charge in [0, 0.05) is 26.2 Å². The number of aliphatic hydroxyl groups is 1. The van der Waals surface area contributed by atoms with E-state index in [1.54, 1.807) is 0 Å². The van der Waals surface area contributed by atoms with Crippen LogP contribution in [-0.4, -0.2) is 60.8 Å². The van der Waals surface area contributed by atoms with E-state index in [1.165, 1.54) is 0 Å². The van der Waals surface area contributed by atoms with E-state index in [0.717, 1.165) is 45.7 Å². The average Bonchev–Trinajstić information content (AvgIpc) is 2.33. The van der Waals surface area contributed by atoms with Gasteiger partial charge in [-0.25, -0.2) is 0 Å². The molecule has 0 saturated carbocycles. The smallest absolute Gasteiger partial charge is 0.0599 e. The lowest BCUT2D eigenvalue weighted by atomic mass is 10.4. The molecule has 1 aliphatic rings. The zero-order valence-corrected chi connectivity index (χ0v) is 8.08. The van der Waals surface area contributed by atoms with Crippen molar-refractivity contribution in [2.75, 3.05) is 45.9 Å². The molecule has 0 amide bonds. The molecule has 0 aromatic heterocycles. The Hall–Kier alpha value is -0.560. The van der Waals surface area contributed by atoms with E-state index in [2.05, 4.69) is 15.7 Å². The minimum Gasteiger partial charge on any atom is -0.395 e.